The van der Waals surface area contributed by atoms with E-state index in [1.807, 2.05) is 7.05 Å². The SMILES string of the molecule is CNCCCS(=O)(=O)NC1CCCC(C)C1C. The first-order valence-electron chi connectivity index (χ1n) is 6.61. The van der Waals surface area contributed by atoms with Crippen LogP contribution >= 0.6 is 0 Å². The molecule has 1 aliphatic carbocycles. The third-order valence-electron chi connectivity index (χ3n) is 3.88. The molecule has 0 aromatic heterocycles. The van der Waals surface area contributed by atoms with Crippen molar-refractivity contribution in [3.8, 4) is 0 Å². The lowest BCUT2D eigenvalue weighted by molar-refractivity contribution is 0.227. The van der Waals surface area contributed by atoms with Crippen molar-refractivity contribution in [1.29, 1.82) is 0 Å². The topological polar surface area (TPSA) is 58.2 Å². The van der Waals surface area contributed by atoms with Gasteiger partial charge < -0.3 is 5.32 Å². The molecule has 3 unspecified atom stereocenters. The zero-order valence-corrected chi connectivity index (χ0v) is 12.0. The summed E-state index contributed by atoms with van der Waals surface area (Å²) in [5.74, 6) is 1.29. The molecule has 102 valence electrons. The molecule has 1 saturated carbocycles. The summed E-state index contributed by atoms with van der Waals surface area (Å²) in [5.41, 5.74) is 0. The van der Waals surface area contributed by atoms with E-state index in [9.17, 15) is 8.42 Å². The predicted molar refractivity (Wildman–Crippen MR) is 71.4 cm³/mol. The van der Waals surface area contributed by atoms with Gasteiger partial charge in [0.1, 0.15) is 0 Å². The van der Waals surface area contributed by atoms with E-state index in [0.717, 1.165) is 19.4 Å². The van der Waals surface area contributed by atoms with Gasteiger partial charge in [-0.2, -0.15) is 0 Å². The van der Waals surface area contributed by atoms with E-state index in [2.05, 4.69) is 23.9 Å². The Morgan fingerprint density at radius 1 is 1.24 bits per heavy atom. The first kappa shape index (κ1) is 14.9. The Labute approximate surface area is 106 Å². The van der Waals surface area contributed by atoms with Crippen molar-refractivity contribution in [2.24, 2.45) is 11.8 Å². The van der Waals surface area contributed by atoms with E-state index < -0.39 is 10.0 Å². The number of sulfonamides is 1. The Bertz CT molecular complexity index is 316. The average Bonchev–Trinajstić information content (AvgIpc) is 2.25. The Kier molecular flexibility index (Phi) is 5.89. The molecule has 0 amide bonds. The molecule has 5 heteroatoms. The van der Waals surface area contributed by atoms with Crippen LogP contribution in [-0.2, 0) is 10.0 Å². The molecule has 1 aliphatic rings. The quantitative estimate of drug-likeness (QED) is 0.710. The zero-order valence-electron chi connectivity index (χ0n) is 11.2. The van der Waals surface area contributed by atoms with Crippen LogP contribution < -0.4 is 10.0 Å². The molecule has 0 bridgehead atoms. The van der Waals surface area contributed by atoms with Gasteiger partial charge in [-0.25, -0.2) is 13.1 Å². The largest absolute Gasteiger partial charge is 0.320 e. The van der Waals surface area contributed by atoms with Crippen LogP contribution in [0.1, 0.15) is 39.5 Å². The smallest absolute Gasteiger partial charge is 0.211 e. The van der Waals surface area contributed by atoms with Crippen LogP contribution in [0.4, 0.5) is 0 Å². The van der Waals surface area contributed by atoms with Gasteiger partial charge in [0.05, 0.1) is 5.75 Å². The Balaban J connectivity index is 2.46. The highest BCUT2D eigenvalue weighted by atomic mass is 32.2. The van der Waals surface area contributed by atoms with Gasteiger partial charge >= 0.3 is 0 Å². The van der Waals surface area contributed by atoms with Crippen molar-refractivity contribution in [3.05, 3.63) is 0 Å². The van der Waals surface area contributed by atoms with E-state index in [4.69, 9.17) is 0 Å². The van der Waals surface area contributed by atoms with Gasteiger partial charge in [-0.3, -0.25) is 0 Å². The molecule has 0 saturated heterocycles. The van der Waals surface area contributed by atoms with E-state index in [-0.39, 0.29) is 11.8 Å². The molecule has 0 radical (unpaired) electrons. The van der Waals surface area contributed by atoms with Gasteiger partial charge in [0.15, 0.2) is 0 Å². The van der Waals surface area contributed by atoms with Gasteiger partial charge in [0.25, 0.3) is 0 Å². The van der Waals surface area contributed by atoms with Gasteiger partial charge in [-0.1, -0.05) is 26.7 Å². The molecule has 2 N–H and O–H groups in total. The summed E-state index contributed by atoms with van der Waals surface area (Å²) < 4.78 is 26.7. The Morgan fingerprint density at radius 3 is 2.59 bits per heavy atom. The van der Waals surface area contributed by atoms with Crippen LogP contribution in [0, 0.1) is 11.8 Å². The summed E-state index contributed by atoms with van der Waals surface area (Å²) in [5, 5.41) is 2.97. The molecule has 17 heavy (non-hydrogen) atoms. The molecule has 4 nitrogen and oxygen atoms in total. The molecule has 3 atom stereocenters. The summed E-state index contributed by atoms with van der Waals surface area (Å²) >= 11 is 0. The van der Waals surface area contributed by atoms with Gasteiger partial charge in [-0.15, -0.1) is 0 Å². The predicted octanol–water partition coefficient (Wildman–Crippen LogP) is 1.34. The monoisotopic (exact) mass is 262 g/mol. The summed E-state index contributed by atoms with van der Waals surface area (Å²) in [6, 6.07) is 0.137. The van der Waals surface area contributed by atoms with Gasteiger partial charge in [0, 0.05) is 6.04 Å². The fourth-order valence-corrected chi connectivity index (χ4v) is 3.91. The molecule has 0 aromatic rings. The second-order valence-corrected chi connectivity index (χ2v) is 7.14. The fraction of sp³-hybridized carbons (Fsp3) is 1.00. The summed E-state index contributed by atoms with van der Waals surface area (Å²) in [6.45, 7) is 5.12. The molecule has 1 fully saturated rings. The van der Waals surface area contributed by atoms with Crippen LogP contribution in [0.15, 0.2) is 0 Å². The van der Waals surface area contributed by atoms with Crippen molar-refractivity contribution in [2.45, 2.75) is 45.6 Å². The third kappa shape index (κ3) is 4.94. The van der Waals surface area contributed by atoms with E-state index >= 15 is 0 Å². The summed E-state index contributed by atoms with van der Waals surface area (Å²) in [7, 11) is -1.26. The molecule has 0 heterocycles. The molecule has 1 rings (SSSR count). The van der Waals surface area contributed by atoms with Crippen molar-refractivity contribution < 1.29 is 8.42 Å². The van der Waals surface area contributed by atoms with Crippen molar-refractivity contribution in [1.82, 2.24) is 10.0 Å². The highest BCUT2D eigenvalue weighted by molar-refractivity contribution is 7.89. The van der Waals surface area contributed by atoms with E-state index in [1.54, 1.807) is 0 Å². The standard InChI is InChI=1S/C12H26N2O2S/c1-10-6-4-7-12(11(10)2)14-17(15,16)9-5-8-13-3/h10-14H,4-9H2,1-3H3. The van der Waals surface area contributed by atoms with Gasteiger partial charge in [-0.05, 0) is 38.3 Å². The maximum absolute atomic E-state index is 11.9. The Hall–Kier alpha value is -0.130. The van der Waals surface area contributed by atoms with Crippen LogP contribution in [0.25, 0.3) is 0 Å². The molecular formula is C12H26N2O2S. The van der Waals surface area contributed by atoms with Crippen LogP contribution in [0.2, 0.25) is 0 Å². The number of rotatable bonds is 6. The second kappa shape index (κ2) is 6.71. The molecular weight excluding hydrogens is 236 g/mol. The van der Waals surface area contributed by atoms with Crippen molar-refractivity contribution in [2.75, 3.05) is 19.3 Å². The van der Waals surface area contributed by atoms with Crippen molar-refractivity contribution in [3.63, 3.8) is 0 Å². The maximum atomic E-state index is 11.9. The first-order chi connectivity index (χ1) is 7.96. The molecule has 0 aliphatic heterocycles. The summed E-state index contributed by atoms with van der Waals surface area (Å²) in [6.07, 6.45) is 4.01. The number of nitrogens with one attached hydrogen (secondary N) is 2. The normalized spacial score (nSPS) is 30.4. The fourth-order valence-electron chi connectivity index (χ4n) is 2.48. The lowest BCUT2D eigenvalue weighted by Crippen LogP contribution is -2.44. The highest BCUT2D eigenvalue weighted by Gasteiger charge is 2.29. The minimum Gasteiger partial charge on any atom is -0.320 e. The molecule has 0 aromatic carbocycles. The minimum atomic E-state index is -3.10. The summed E-state index contributed by atoms with van der Waals surface area (Å²) in [4.78, 5) is 0. The third-order valence-corrected chi connectivity index (χ3v) is 5.37. The minimum absolute atomic E-state index is 0.137. The lowest BCUT2D eigenvalue weighted by Gasteiger charge is -2.34. The number of hydrogen-bond donors (Lipinski definition) is 2. The maximum Gasteiger partial charge on any atom is 0.211 e. The first-order valence-corrected chi connectivity index (χ1v) is 8.26. The van der Waals surface area contributed by atoms with Crippen molar-refractivity contribution >= 4 is 10.0 Å². The van der Waals surface area contributed by atoms with Crippen LogP contribution in [0.3, 0.4) is 0 Å². The van der Waals surface area contributed by atoms with E-state index in [1.165, 1.54) is 6.42 Å². The average molecular weight is 262 g/mol. The van der Waals surface area contributed by atoms with Gasteiger partial charge in [0.2, 0.25) is 10.0 Å². The van der Waals surface area contributed by atoms with E-state index in [0.29, 0.717) is 18.3 Å². The van der Waals surface area contributed by atoms with Crippen LogP contribution in [-0.4, -0.2) is 33.8 Å². The zero-order chi connectivity index (χ0) is 12.9. The highest BCUT2D eigenvalue weighted by Crippen LogP contribution is 2.29. The number of hydrogen-bond acceptors (Lipinski definition) is 3. The lowest BCUT2D eigenvalue weighted by atomic mass is 9.78. The second-order valence-electron chi connectivity index (χ2n) is 5.27. The Morgan fingerprint density at radius 2 is 1.94 bits per heavy atom. The van der Waals surface area contributed by atoms with Crippen LogP contribution in [0.5, 0.6) is 0 Å². The molecule has 0 spiro atoms.